The zero-order valence-electron chi connectivity index (χ0n) is 12.4. The summed E-state index contributed by atoms with van der Waals surface area (Å²) >= 11 is 3.65. The molecular weight excluding hydrogens is 300 g/mol. The lowest BCUT2D eigenvalue weighted by molar-refractivity contribution is 0.116. The van der Waals surface area contributed by atoms with E-state index in [2.05, 4.69) is 78.2 Å². The third-order valence-electron chi connectivity index (χ3n) is 4.45. The molecule has 0 aromatic heterocycles. The van der Waals surface area contributed by atoms with Crippen LogP contribution < -0.4 is 5.32 Å². The molecule has 1 aromatic rings. The van der Waals surface area contributed by atoms with Gasteiger partial charge in [-0.3, -0.25) is 0 Å². The Bertz CT molecular complexity index is 421. The molecule has 0 aliphatic carbocycles. The van der Waals surface area contributed by atoms with Gasteiger partial charge in [0.1, 0.15) is 0 Å². The molecule has 1 aliphatic heterocycles. The summed E-state index contributed by atoms with van der Waals surface area (Å²) in [6.45, 7) is 8.12. The second-order valence-corrected chi connectivity index (χ2v) is 6.87. The molecule has 0 amide bonds. The molecule has 3 heteroatoms. The minimum atomic E-state index is 0.388. The first-order valence-electron chi connectivity index (χ1n) is 7.19. The summed E-state index contributed by atoms with van der Waals surface area (Å²) in [5.41, 5.74) is 1.35. The summed E-state index contributed by atoms with van der Waals surface area (Å²) < 4.78 is 1.20. The van der Waals surface area contributed by atoms with Gasteiger partial charge in [-0.05, 0) is 44.9 Å². The van der Waals surface area contributed by atoms with Crippen molar-refractivity contribution in [2.45, 2.75) is 45.3 Å². The third-order valence-corrected chi connectivity index (χ3v) is 5.17. The fraction of sp³-hybridized carbons (Fsp3) is 0.625. The predicted molar refractivity (Wildman–Crippen MR) is 85.4 cm³/mol. The van der Waals surface area contributed by atoms with Gasteiger partial charge in [0, 0.05) is 29.1 Å². The van der Waals surface area contributed by atoms with Crippen LogP contribution >= 0.6 is 15.9 Å². The highest BCUT2D eigenvalue weighted by atomic mass is 79.9. The highest BCUT2D eigenvalue weighted by Crippen LogP contribution is 2.27. The Morgan fingerprint density at radius 3 is 2.68 bits per heavy atom. The van der Waals surface area contributed by atoms with E-state index >= 15 is 0 Å². The topological polar surface area (TPSA) is 15.3 Å². The predicted octanol–water partition coefficient (Wildman–Crippen LogP) is 3.83. The number of piperidine rings is 1. The normalized spacial score (nSPS) is 30.3. The van der Waals surface area contributed by atoms with E-state index in [0.717, 1.165) is 0 Å². The van der Waals surface area contributed by atoms with Crippen LogP contribution in [0.15, 0.2) is 28.7 Å². The van der Waals surface area contributed by atoms with Gasteiger partial charge in [0.25, 0.3) is 0 Å². The van der Waals surface area contributed by atoms with Crippen molar-refractivity contribution in [3.8, 4) is 0 Å². The van der Waals surface area contributed by atoms with Gasteiger partial charge in [0.05, 0.1) is 0 Å². The Morgan fingerprint density at radius 1 is 1.32 bits per heavy atom. The minimum absolute atomic E-state index is 0.388. The molecule has 4 atom stereocenters. The van der Waals surface area contributed by atoms with E-state index in [1.807, 2.05) is 0 Å². The van der Waals surface area contributed by atoms with Crippen LogP contribution in [0.1, 0.15) is 38.8 Å². The van der Waals surface area contributed by atoms with Gasteiger partial charge >= 0.3 is 0 Å². The van der Waals surface area contributed by atoms with Gasteiger partial charge in [0.15, 0.2) is 0 Å². The Labute approximate surface area is 125 Å². The lowest BCUT2D eigenvalue weighted by atomic mass is 9.89. The summed E-state index contributed by atoms with van der Waals surface area (Å²) in [6, 6.07) is 10.2. The molecule has 1 heterocycles. The largest absolute Gasteiger partial charge is 0.307 e. The van der Waals surface area contributed by atoms with Gasteiger partial charge in [-0.15, -0.1) is 0 Å². The fourth-order valence-electron chi connectivity index (χ4n) is 3.01. The number of rotatable bonds is 3. The maximum Gasteiger partial charge on any atom is 0.0305 e. The van der Waals surface area contributed by atoms with Crippen molar-refractivity contribution in [3.05, 3.63) is 34.3 Å². The summed E-state index contributed by atoms with van der Waals surface area (Å²) in [5.74, 6) is 0.700. The van der Waals surface area contributed by atoms with Crippen molar-refractivity contribution in [2.24, 2.45) is 5.92 Å². The molecular formula is C16H25BrN2. The fourth-order valence-corrected chi connectivity index (χ4v) is 3.64. The average molecular weight is 325 g/mol. The molecule has 0 radical (unpaired) electrons. The molecule has 0 bridgehead atoms. The Morgan fingerprint density at radius 2 is 2.00 bits per heavy atom. The quantitative estimate of drug-likeness (QED) is 0.909. The molecule has 0 spiro atoms. The molecule has 1 saturated heterocycles. The molecule has 19 heavy (non-hydrogen) atoms. The van der Waals surface area contributed by atoms with E-state index in [1.165, 1.54) is 23.0 Å². The van der Waals surface area contributed by atoms with Crippen LogP contribution in [-0.2, 0) is 0 Å². The highest BCUT2D eigenvalue weighted by molar-refractivity contribution is 9.10. The standard InChI is InChI=1S/C16H25BrN2/c1-11-10-19(4)12(2)9-16(11)18-13(3)14-7-5-6-8-15(14)17/h5-8,11-13,16,18H,9-10H2,1-4H3. The molecule has 2 rings (SSSR count). The number of nitrogens with zero attached hydrogens (tertiary/aromatic N) is 1. The van der Waals surface area contributed by atoms with E-state index in [4.69, 9.17) is 0 Å². The Hall–Kier alpha value is -0.380. The summed E-state index contributed by atoms with van der Waals surface area (Å²) in [6.07, 6.45) is 1.23. The van der Waals surface area contributed by atoms with Gasteiger partial charge in [0.2, 0.25) is 0 Å². The monoisotopic (exact) mass is 324 g/mol. The van der Waals surface area contributed by atoms with Crippen LogP contribution in [0.5, 0.6) is 0 Å². The van der Waals surface area contributed by atoms with Gasteiger partial charge in [-0.25, -0.2) is 0 Å². The number of benzene rings is 1. The number of nitrogens with one attached hydrogen (secondary N) is 1. The van der Waals surface area contributed by atoms with Crippen LogP contribution in [0, 0.1) is 5.92 Å². The first-order chi connectivity index (χ1) is 8.99. The zero-order chi connectivity index (χ0) is 14.0. The second kappa shape index (κ2) is 6.38. The van der Waals surface area contributed by atoms with Crippen molar-refractivity contribution in [2.75, 3.05) is 13.6 Å². The van der Waals surface area contributed by atoms with Crippen LogP contribution in [-0.4, -0.2) is 30.6 Å². The molecule has 1 N–H and O–H groups in total. The van der Waals surface area contributed by atoms with Crippen molar-refractivity contribution in [1.82, 2.24) is 10.2 Å². The second-order valence-electron chi connectivity index (χ2n) is 6.02. The summed E-state index contributed by atoms with van der Waals surface area (Å²) in [7, 11) is 2.23. The maximum absolute atomic E-state index is 3.82. The lowest BCUT2D eigenvalue weighted by Crippen LogP contribution is -2.51. The van der Waals surface area contributed by atoms with E-state index in [0.29, 0.717) is 24.0 Å². The highest BCUT2D eigenvalue weighted by Gasteiger charge is 2.29. The van der Waals surface area contributed by atoms with Crippen molar-refractivity contribution >= 4 is 15.9 Å². The number of hydrogen-bond donors (Lipinski definition) is 1. The summed E-state index contributed by atoms with van der Waals surface area (Å²) in [4.78, 5) is 2.46. The van der Waals surface area contributed by atoms with Gasteiger partial charge < -0.3 is 10.2 Å². The maximum atomic E-state index is 3.82. The average Bonchev–Trinajstić information content (AvgIpc) is 2.36. The first kappa shape index (κ1) is 15.0. The van der Waals surface area contributed by atoms with Gasteiger partial charge in [-0.1, -0.05) is 41.1 Å². The Kier molecular flexibility index (Phi) is 5.04. The molecule has 0 saturated carbocycles. The summed E-state index contributed by atoms with van der Waals surface area (Å²) in [5, 5.41) is 3.82. The molecule has 4 unspecified atom stereocenters. The van der Waals surface area contributed by atoms with E-state index < -0.39 is 0 Å². The van der Waals surface area contributed by atoms with Crippen LogP contribution in [0.2, 0.25) is 0 Å². The third kappa shape index (κ3) is 3.59. The van der Waals surface area contributed by atoms with E-state index in [9.17, 15) is 0 Å². The SMILES string of the molecule is CC(NC1CC(C)N(C)CC1C)c1ccccc1Br. The molecule has 1 aliphatic rings. The van der Waals surface area contributed by atoms with Crippen molar-refractivity contribution < 1.29 is 0 Å². The lowest BCUT2D eigenvalue weighted by Gasteiger charge is -2.41. The Balaban J connectivity index is 2.03. The number of likely N-dealkylation sites (tertiary alicyclic amines) is 1. The molecule has 2 nitrogen and oxygen atoms in total. The van der Waals surface area contributed by atoms with Crippen LogP contribution in [0.25, 0.3) is 0 Å². The molecule has 1 aromatic carbocycles. The van der Waals surface area contributed by atoms with E-state index in [-0.39, 0.29) is 0 Å². The molecule has 1 fully saturated rings. The zero-order valence-corrected chi connectivity index (χ0v) is 13.9. The number of hydrogen-bond acceptors (Lipinski definition) is 2. The number of halogens is 1. The van der Waals surface area contributed by atoms with Crippen molar-refractivity contribution in [3.63, 3.8) is 0 Å². The first-order valence-corrected chi connectivity index (χ1v) is 7.99. The van der Waals surface area contributed by atoms with Crippen molar-refractivity contribution in [1.29, 1.82) is 0 Å². The van der Waals surface area contributed by atoms with E-state index in [1.54, 1.807) is 0 Å². The smallest absolute Gasteiger partial charge is 0.0305 e. The minimum Gasteiger partial charge on any atom is -0.307 e. The van der Waals surface area contributed by atoms with Crippen LogP contribution in [0.3, 0.4) is 0 Å². The van der Waals surface area contributed by atoms with Gasteiger partial charge in [-0.2, -0.15) is 0 Å². The van der Waals surface area contributed by atoms with Crippen LogP contribution in [0.4, 0.5) is 0 Å². The molecule has 106 valence electrons.